The smallest absolute Gasteiger partial charge is 0.426 e. The molecule has 0 atom stereocenters. The molecule has 6 heteroatoms. The first kappa shape index (κ1) is 10.4. The molecule has 0 amide bonds. The van der Waals surface area contributed by atoms with Crippen LogP contribution in [0.4, 0.5) is 0 Å². The standard InChI is InChI=1S/C6H6O5Si/c1-3-5(7)10-12(9)11-6(8)4-2/h3-4H,1-2H2. The zero-order valence-corrected chi connectivity index (χ0v) is 7.11. The van der Waals surface area contributed by atoms with Gasteiger partial charge in [-0.2, -0.15) is 0 Å². The second-order valence-electron chi connectivity index (χ2n) is 1.50. The van der Waals surface area contributed by atoms with Gasteiger partial charge < -0.3 is 8.85 Å². The van der Waals surface area contributed by atoms with Gasteiger partial charge in [-0.25, -0.2) is 9.59 Å². The van der Waals surface area contributed by atoms with Crippen LogP contribution in [0.5, 0.6) is 0 Å². The van der Waals surface area contributed by atoms with Gasteiger partial charge in [0, 0.05) is 12.2 Å². The molecule has 0 heterocycles. The lowest BCUT2D eigenvalue weighted by atomic mass is 10.7. The molecule has 64 valence electrons. The Kier molecular flexibility index (Phi) is 4.47. The van der Waals surface area contributed by atoms with E-state index >= 15 is 0 Å². The second-order valence-corrected chi connectivity index (χ2v) is 2.41. The van der Waals surface area contributed by atoms with E-state index in [0.717, 1.165) is 12.2 Å². The molecule has 0 bridgehead atoms. The lowest BCUT2D eigenvalue weighted by molar-refractivity contribution is -0.135. The maximum Gasteiger partial charge on any atom is 0.783 e. The molecule has 0 aliphatic carbocycles. The van der Waals surface area contributed by atoms with Crippen LogP contribution in [0.15, 0.2) is 25.3 Å². The summed E-state index contributed by atoms with van der Waals surface area (Å²) in [5.74, 6) is -1.81. The Morgan fingerprint density at radius 1 is 1.08 bits per heavy atom. The molecule has 0 aliphatic heterocycles. The fourth-order valence-electron chi connectivity index (χ4n) is 0.268. The van der Waals surface area contributed by atoms with E-state index in [-0.39, 0.29) is 0 Å². The van der Waals surface area contributed by atoms with E-state index in [9.17, 15) is 14.1 Å². The lowest BCUT2D eigenvalue weighted by Crippen LogP contribution is -2.19. The monoisotopic (exact) mass is 186 g/mol. The lowest BCUT2D eigenvalue weighted by Gasteiger charge is -1.96. The van der Waals surface area contributed by atoms with Crippen molar-refractivity contribution < 1.29 is 22.9 Å². The van der Waals surface area contributed by atoms with Gasteiger partial charge in [0.25, 0.3) is 0 Å². The first-order valence-electron chi connectivity index (χ1n) is 2.82. The Labute approximate surface area is 70.2 Å². The van der Waals surface area contributed by atoms with Crippen molar-refractivity contribution in [3.8, 4) is 0 Å². The summed E-state index contributed by atoms with van der Waals surface area (Å²) in [6, 6.07) is 0. The molecule has 0 spiro atoms. The molecule has 0 N–H and O–H groups in total. The molecule has 5 nitrogen and oxygen atoms in total. The summed E-state index contributed by atoms with van der Waals surface area (Å²) in [4.78, 5) is 20.7. The molecule has 0 rings (SSSR count). The number of carbonyl (C=O) groups is 2. The van der Waals surface area contributed by atoms with Gasteiger partial charge in [0.15, 0.2) is 0 Å². The highest BCUT2D eigenvalue weighted by Gasteiger charge is 2.17. The van der Waals surface area contributed by atoms with Crippen molar-refractivity contribution in [3.05, 3.63) is 25.3 Å². The van der Waals surface area contributed by atoms with E-state index in [2.05, 4.69) is 22.0 Å². The molecule has 0 aliphatic rings. The van der Waals surface area contributed by atoms with Crippen LogP contribution in [0.25, 0.3) is 0 Å². The Hall–Kier alpha value is -1.56. The first-order valence-corrected chi connectivity index (χ1v) is 4.05. The normalized spacial score (nSPS) is 8.00. The van der Waals surface area contributed by atoms with Gasteiger partial charge in [-0.05, 0) is 0 Å². The predicted molar refractivity (Wildman–Crippen MR) is 39.0 cm³/mol. The highest BCUT2D eigenvalue weighted by Crippen LogP contribution is 1.84. The third-order valence-corrected chi connectivity index (χ3v) is 1.44. The predicted octanol–water partition coefficient (Wildman–Crippen LogP) is -0.140. The summed E-state index contributed by atoms with van der Waals surface area (Å²) in [6.07, 6.45) is 1.62. The largest absolute Gasteiger partial charge is 0.783 e. The first-order chi connectivity index (χ1) is 5.60. The van der Waals surface area contributed by atoms with Crippen LogP contribution in [0, 0.1) is 0 Å². The van der Waals surface area contributed by atoms with E-state index in [0.29, 0.717) is 0 Å². The van der Waals surface area contributed by atoms with Gasteiger partial charge in [0.2, 0.25) is 0 Å². The van der Waals surface area contributed by atoms with Crippen LogP contribution in [0.2, 0.25) is 0 Å². The van der Waals surface area contributed by atoms with Crippen LogP contribution >= 0.6 is 0 Å². The van der Waals surface area contributed by atoms with Crippen molar-refractivity contribution in [1.29, 1.82) is 0 Å². The molecular formula is C6H6O5Si. The van der Waals surface area contributed by atoms with Gasteiger partial charge in [-0.3, -0.25) is 4.46 Å². The Morgan fingerprint density at radius 3 is 1.67 bits per heavy atom. The Morgan fingerprint density at radius 2 is 1.42 bits per heavy atom. The fourth-order valence-corrected chi connectivity index (χ4v) is 0.805. The van der Waals surface area contributed by atoms with E-state index in [1.54, 1.807) is 0 Å². The van der Waals surface area contributed by atoms with Crippen molar-refractivity contribution in [2.75, 3.05) is 0 Å². The third kappa shape index (κ3) is 4.28. The maximum absolute atomic E-state index is 10.6. The molecular weight excluding hydrogens is 180 g/mol. The highest BCUT2D eigenvalue weighted by molar-refractivity contribution is 6.33. The van der Waals surface area contributed by atoms with Crippen molar-refractivity contribution in [3.63, 3.8) is 0 Å². The summed E-state index contributed by atoms with van der Waals surface area (Å²) >= 11 is 0. The molecule has 0 aromatic heterocycles. The van der Waals surface area contributed by atoms with Crippen LogP contribution in [0.1, 0.15) is 0 Å². The van der Waals surface area contributed by atoms with Crippen molar-refractivity contribution in [2.24, 2.45) is 0 Å². The molecule has 0 saturated heterocycles. The summed E-state index contributed by atoms with van der Waals surface area (Å²) in [6.45, 7) is 6.11. The molecule has 0 aromatic rings. The van der Waals surface area contributed by atoms with Crippen LogP contribution in [-0.4, -0.2) is 21.1 Å². The summed E-state index contributed by atoms with van der Waals surface area (Å²) < 4.78 is 18.7. The quantitative estimate of drug-likeness (QED) is 0.451. The summed E-state index contributed by atoms with van der Waals surface area (Å²) in [5.41, 5.74) is 0. The second kappa shape index (κ2) is 5.14. The number of hydrogen-bond donors (Lipinski definition) is 0. The number of hydrogen-bond acceptors (Lipinski definition) is 5. The number of carbonyl (C=O) groups excluding carboxylic acids is 2. The Balaban J connectivity index is 3.89. The van der Waals surface area contributed by atoms with Crippen molar-refractivity contribution in [1.82, 2.24) is 0 Å². The van der Waals surface area contributed by atoms with Gasteiger partial charge >= 0.3 is 21.1 Å². The zero-order valence-electron chi connectivity index (χ0n) is 6.11. The maximum atomic E-state index is 10.6. The highest BCUT2D eigenvalue weighted by atomic mass is 28.3. The molecule has 0 aromatic carbocycles. The molecule has 0 fully saturated rings. The minimum absolute atomic E-state index is 0.810. The van der Waals surface area contributed by atoms with Gasteiger partial charge in [0.1, 0.15) is 0 Å². The van der Waals surface area contributed by atoms with Crippen LogP contribution in [-0.2, 0) is 22.9 Å². The van der Waals surface area contributed by atoms with Crippen molar-refractivity contribution in [2.45, 2.75) is 0 Å². The van der Waals surface area contributed by atoms with Crippen LogP contribution in [0.3, 0.4) is 0 Å². The topological polar surface area (TPSA) is 69.7 Å². The molecule has 0 saturated carbocycles. The third-order valence-electron chi connectivity index (χ3n) is 0.701. The van der Waals surface area contributed by atoms with Crippen molar-refractivity contribution >= 4 is 21.1 Å². The van der Waals surface area contributed by atoms with E-state index in [1.165, 1.54) is 0 Å². The summed E-state index contributed by atoms with van der Waals surface area (Å²) in [5, 5.41) is 0. The molecule has 12 heavy (non-hydrogen) atoms. The van der Waals surface area contributed by atoms with Gasteiger partial charge in [0.05, 0.1) is 0 Å². The number of rotatable bonds is 4. The van der Waals surface area contributed by atoms with Gasteiger partial charge in [-0.15, -0.1) is 0 Å². The van der Waals surface area contributed by atoms with Crippen LogP contribution < -0.4 is 0 Å². The average molecular weight is 186 g/mol. The molecule has 0 unspecified atom stereocenters. The Bertz CT molecular complexity index is 220. The fraction of sp³-hybridized carbons (Fsp3) is 0. The zero-order chi connectivity index (χ0) is 9.56. The minimum atomic E-state index is -3.10. The van der Waals surface area contributed by atoms with E-state index < -0.39 is 21.1 Å². The minimum Gasteiger partial charge on any atom is -0.426 e. The SMILES string of the molecule is C=CC(=O)O[Si](=O)OC(=O)C=C. The van der Waals surface area contributed by atoms with E-state index in [1.807, 2.05) is 0 Å². The van der Waals surface area contributed by atoms with E-state index in [4.69, 9.17) is 0 Å². The summed E-state index contributed by atoms with van der Waals surface area (Å²) in [7, 11) is -3.10. The average Bonchev–Trinajstić information content (AvgIpc) is 2.03. The molecule has 0 radical (unpaired) electrons. The van der Waals surface area contributed by atoms with Gasteiger partial charge in [-0.1, -0.05) is 13.2 Å².